The maximum absolute atomic E-state index is 13.6. The van der Waals surface area contributed by atoms with Crippen molar-refractivity contribution in [3.05, 3.63) is 65.6 Å². The Hall–Kier alpha value is -2.97. The predicted molar refractivity (Wildman–Crippen MR) is 114 cm³/mol. The third kappa shape index (κ3) is 4.60. The molecule has 2 heterocycles. The summed E-state index contributed by atoms with van der Waals surface area (Å²) in [5.74, 6) is -0.718. The Morgan fingerprint density at radius 3 is 2.87 bits per heavy atom. The van der Waals surface area contributed by atoms with Crippen LogP contribution in [-0.2, 0) is 4.79 Å². The minimum Gasteiger partial charge on any atom is -0.350 e. The maximum Gasteiger partial charge on any atom is 0.272 e. The van der Waals surface area contributed by atoms with Crippen LogP contribution in [0.4, 0.5) is 4.39 Å². The summed E-state index contributed by atoms with van der Waals surface area (Å²) in [4.78, 5) is 27.0. The number of halogens is 2. The van der Waals surface area contributed by atoms with Crippen molar-refractivity contribution in [2.75, 3.05) is 26.2 Å². The fourth-order valence-corrected chi connectivity index (χ4v) is 3.66. The molecule has 1 aliphatic rings. The van der Waals surface area contributed by atoms with Crippen LogP contribution >= 0.6 is 12.4 Å². The molecule has 7 nitrogen and oxygen atoms in total. The van der Waals surface area contributed by atoms with E-state index in [1.165, 1.54) is 12.1 Å². The Balaban J connectivity index is 0.00000256. The van der Waals surface area contributed by atoms with Crippen LogP contribution in [0.1, 0.15) is 28.5 Å². The smallest absolute Gasteiger partial charge is 0.272 e. The highest BCUT2D eigenvalue weighted by Crippen LogP contribution is 2.23. The SMILES string of the molecule is Cl.O=C(NCCC(=O)N1CCNCC1c1cccc(F)c1)c1n[nH]c2ccccc12. The van der Waals surface area contributed by atoms with Crippen molar-refractivity contribution in [2.24, 2.45) is 0 Å². The zero-order valence-electron chi connectivity index (χ0n) is 16.2. The van der Waals surface area contributed by atoms with Crippen LogP contribution in [0.25, 0.3) is 10.9 Å². The number of carbonyl (C=O) groups is 2. The first-order valence-corrected chi connectivity index (χ1v) is 9.60. The largest absolute Gasteiger partial charge is 0.350 e. The number of H-pyrrole nitrogens is 1. The van der Waals surface area contributed by atoms with Crippen LogP contribution in [-0.4, -0.2) is 53.1 Å². The molecule has 2 aromatic carbocycles. The van der Waals surface area contributed by atoms with Gasteiger partial charge in [-0.15, -0.1) is 12.4 Å². The number of benzene rings is 2. The first-order chi connectivity index (χ1) is 14.1. The molecule has 0 aliphatic carbocycles. The second-order valence-electron chi connectivity index (χ2n) is 6.99. The molecule has 9 heteroatoms. The van der Waals surface area contributed by atoms with E-state index in [4.69, 9.17) is 0 Å². The summed E-state index contributed by atoms with van der Waals surface area (Å²) in [7, 11) is 0. The number of fused-ring (bicyclic) bond motifs is 1. The molecule has 0 bridgehead atoms. The Labute approximate surface area is 179 Å². The first kappa shape index (κ1) is 21.7. The van der Waals surface area contributed by atoms with Crippen LogP contribution in [0.5, 0.6) is 0 Å². The van der Waals surface area contributed by atoms with E-state index >= 15 is 0 Å². The lowest BCUT2D eigenvalue weighted by Gasteiger charge is -2.36. The van der Waals surface area contributed by atoms with Gasteiger partial charge in [-0.25, -0.2) is 4.39 Å². The number of nitrogens with zero attached hydrogens (tertiary/aromatic N) is 2. The average Bonchev–Trinajstić information content (AvgIpc) is 3.18. The number of aromatic nitrogens is 2. The van der Waals surface area contributed by atoms with E-state index in [1.807, 2.05) is 30.3 Å². The van der Waals surface area contributed by atoms with E-state index in [0.29, 0.717) is 25.3 Å². The summed E-state index contributed by atoms with van der Waals surface area (Å²) in [5, 5.41) is 13.6. The number of para-hydroxylation sites is 1. The van der Waals surface area contributed by atoms with Crippen LogP contribution < -0.4 is 10.6 Å². The Bertz CT molecular complexity index is 1040. The Morgan fingerprint density at radius 1 is 1.20 bits per heavy atom. The minimum absolute atomic E-state index is 0. The standard InChI is InChI=1S/C21H22FN5O2.ClH/c22-15-5-3-4-14(12-15)18-13-23-10-11-27(18)19(28)8-9-24-21(29)20-16-6-1-2-7-17(16)25-26-20;/h1-7,12,18,23H,8-11,13H2,(H,24,29)(H,25,26);1H. The molecular weight excluding hydrogens is 409 g/mol. The molecule has 3 N–H and O–H groups in total. The number of rotatable bonds is 5. The first-order valence-electron chi connectivity index (χ1n) is 9.60. The van der Waals surface area contributed by atoms with Gasteiger partial charge in [0.15, 0.2) is 5.69 Å². The number of hydrogen-bond donors (Lipinski definition) is 3. The summed E-state index contributed by atoms with van der Waals surface area (Å²) in [5.41, 5.74) is 1.86. The lowest BCUT2D eigenvalue weighted by atomic mass is 10.0. The van der Waals surface area contributed by atoms with E-state index in [1.54, 1.807) is 11.0 Å². The molecule has 158 valence electrons. The second kappa shape index (κ2) is 9.69. The third-order valence-corrected chi connectivity index (χ3v) is 5.11. The van der Waals surface area contributed by atoms with Crippen molar-refractivity contribution >= 4 is 35.1 Å². The van der Waals surface area contributed by atoms with Gasteiger partial charge in [-0.3, -0.25) is 14.7 Å². The highest BCUT2D eigenvalue weighted by molar-refractivity contribution is 6.04. The van der Waals surface area contributed by atoms with Gasteiger partial charge in [-0.05, 0) is 23.8 Å². The second-order valence-corrected chi connectivity index (χ2v) is 6.99. The van der Waals surface area contributed by atoms with Gasteiger partial charge in [-0.2, -0.15) is 5.10 Å². The fourth-order valence-electron chi connectivity index (χ4n) is 3.66. The normalized spacial score (nSPS) is 16.2. The average molecular weight is 432 g/mol. The van der Waals surface area contributed by atoms with Gasteiger partial charge in [0.2, 0.25) is 5.91 Å². The molecule has 4 rings (SSSR count). The predicted octanol–water partition coefficient (Wildman–Crippen LogP) is 2.42. The van der Waals surface area contributed by atoms with Crippen LogP contribution in [0.15, 0.2) is 48.5 Å². The van der Waals surface area contributed by atoms with Gasteiger partial charge in [-0.1, -0.05) is 30.3 Å². The van der Waals surface area contributed by atoms with Crippen molar-refractivity contribution in [1.29, 1.82) is 0 Å². The summed E-state index contributed by atoms with van der Waals surface area (Å²) < 4.78 is 13.6. The van der Waals surface area contributed by atoms with E-state index in [0.717, 1.165) is 16.5 Å². The summed E-state index contributed by atoms with van der Waals surface area (Å²) in [6, 6.07) is 13.5. The topological polar surface area (TPSA) is 90.1 Å². The van der Waals surface area contributed by atoms with Gasteiger partial charge in [0.25, 0.3) is 5.91 Å². The highest BCUT2D eigenvalue weighted by atomic mass is 35.5. The number of carbonyl (C=O) groups excluding carboxylic acids is 2. The van der Waals surface area contributed by atoms with Gasteiger partial charge in [0.05, 0.1) is 11.6 Å². The molecule has 1 saturated heterocycles. The van der Waals surface area contributed by atoms with Crippen molar-refractivity contribution in [3.63, 3.8) is 0 Å². The molecule has 0 spiro atoms. The number of hydrogen-bond acceptors (Lipinski definition) is 4. The zero-order chi connectivity index (χ0) is 20.2. The van der Waals surface area contributed by atoms with E-state index in [-0.39, 0.29) is 49.0 Å². The molecular formula is C21H23ClFN5O2. The molecule has 0 saturated carbocycles. The summed E-state index contributed by atoms with van der Waals surface area (Å²) in [6.45, 7) is 2.00. The molecule has 1 aromatic heterocycles. The van der Waals surface area contributed by atoms with Crippen LogP contribution in [0.3, 0.4) is 0 Å². The fraction of sp³-hybridized carbons (Fsp3) is 0.286. The van der Waals surface area contributed by atoms with E-state index in [2.05, 4.69) is 20.8 Å². The van der Waals surface area contributed by atoms with E-state index in [9.17, 15) is 14.0 Å². The van der Waals surface area contributed by atoms with E-state index < -0.39 is 0 Å². The van der Waals surface area contributed by atoms with Gasteiger partial charge < -0.3 is 15.5 Å². The van der Waals surface area contributed by atoms with Crippen molar-refractivity contribution in [3.8, 4) is 0 Å². The summed E-state index contributed by atoms with van der Waals surface area (Å²) >= 11 is 0. The van der Waals surface area contributed by atoms with Gasteiger partial charge >= 0.3 is 0 Å². The number of nitrogens with one attached hydrogen (secondary N) is 3. The maximum atomic E-state index is 13.6. The van der Waals surface area contributed by atoms with Crippen LogP contribution in [0.2, 0.25) is 0 Å². The highest BCUT2D eigenvalue weighted by Gasteiger charge is 2.28. The van der Waals surface area contributed by atoms with Crippen LogP contribution in [0, 0.1) is 5.82 Å². The molecule has 0 radical (unpaired) electrons. The van der Waals surface area contributed by atoms with Crippen molar-refractivity contribution in [2.45, 2.75) is 12.5 Å². The quantitative estimate of drug-likeness (QED) is 0.578. The molecule has 30 heavy (non-hydrogen) atoms. The molecule has 1 fully saturated rings. The molecule has 2 amide bonds. The lowest BCUT2D eigenvalue weighted by Crippen LogP contribution is -2.49. The molecule has 3 aromatic rings. The lowest BCUT2D eigenvalue weighted by molar-refractivity contribution is -0.134. The zero-order valence-corrected chi connectivity index (χ0v) is 17.0. The summed E-state index contributed by atoms with van der Waals surface area (Å²) in [6.07, 6.45) is 0.167. The third-order valence-electron chi connectivity index (χ3n) is 5.11. The number of aromatic amines is 1. The molecule has 1 atom stereocenters. The van der Waals surface area contributed by atoms with Crippen molar-refractivity contribution < 1.29 is 14.0 Å². The Kier molecular flexibility index (Phi) is 7.02. The Morgan fingerprint density at radius 2 is 2.03 bits per heavy atom. The molecule has 1 unspecified atom stereocenters. The molecule has 1 aliphatic heterocycles. The minimum atomic E-state index is -0.322. The number of amides is 2. The monoisotopic (exact) mass is 431 g/mol. The van der Waals surface area contributed by atoms with Gasteiger partial charge in [0, 0.05) is 38.0 Å². The van der Waals surface area contributed by atoms with Crippen molar-refractivity contribution in [1.82, 2.24) is 25.7 Å². The number of piperazine rings is 1. The van der Waals surface area contributed by atoms with Gasteiger partial charge in [0.1, 0.15) is 5.82 Å².